The van der Waals surface area contributed by atoms with Crippen LogP contribution >= 0.6 is 8.58 Å². The lowest BCUT2D eigenvalue weighted by atomic mass is 10.2. The van der Waals surface area contributed by atoms with E-state index in [1.54, 1.807) is 11.2 Å². The van der Waals surface area contributed by atoms with Crippen LogP contribution < -0.4 is 9.80 Å². The van der Waals surface area contributed by atoms with E-state index in [4.69, 9.17) is 9.57 Å². The molecule has 0 N–H and O–H groups in total. The lowest BCUT2D eigenvalue weighted by molar-refractivity contribution is 0.145. The van der Waals surface area contributed by atoms with E-state index in [0.29, 0.717) is 13.2 Å². The zero-order chi connectivity index (χ0) is 14.7. The van der Waals surface area contributed by atoms with Crippen LogP contribution in [0.1, 0.15) is 0 Å². The molecule has 0 saturated carbocycles. The molecule has 2 aliphatic heterocycles. The molecule has 0 aromatic heterocycles. The summed E-state index contributed by atoms with van der Waals surface area (Å²) < 4.78 is 5.36. The Labute approximate surface area is 125 Å². The molecule has 0 spiro atoms. The molecule has 1 saturated heterocycles. The largest absolute Gasteiger partial charge is 0.444 e. The quantitative estimate of drug-likeness (QED) is 0.799. The van der Waals surface area contributed by atoms with Gasteiger partial charge in [-0.15, -0.1) is 8.58 Å². The van der Waals surface area contributed by atoms with Crippen LogP contribution in [0.5, 0.6) is 0 Å². The highest BCUT2D eigenvalue weighted by Gasteiger charge is 2.31. The summed E-state index contributed by atoms with van der Waals surface area (Å²) in [7, 11) is 0.792. The van der Waals surface area contributed by atoms with Crippen molar-refractivity contribution in [2.75, 3.05) is 42.3 Å². The summed E-state index contributed by atoms with van der Waals surface area (Å²) in [6, 6.07) is 7.84. The summed E-state index contributed by atoms with van der Waals surface area (Å²) in [5, 5.41) is 3.79. The van der Waals surface area contributed by atoms with E-state index in [1.807, 2.05) is 29.2 Å². The van der Waals surface area contributed by atoms with Gasteiger partial charge in [-0.05, 0) is 30.9 Å². The van der Waals surface area contributed by atoms with Crippen molar-refractivity contribution in [1.29, 1.82) is 0 Å². The Morgan fingerprint density at radius 2 is 2.10 bits per heavy atom. The number of oxime groups is 1. The number of nitrogens with zero attached hydrogens (tertiary/aromatic N) is 3. The lowest BCUT2D eigenvalue weighted by Crippen LogP contribution is -2.29. The van der Waals surface area contributed by atoms with Gasteiger partial charge in [0.1, 0.15) is 19.0 Å². The van der Waals surface area contributed by atoms with E-state index in [9.17, 15) is 4.79 Å². The number of benzene rings is 1. The van der Waals surface area contributed by atoms with Gasteiger partial charge in [-0.1, -0.05) is 5.16 Å². The average Bonchev–Trinajstić information content (AvgIpc) is 2.89. The van der Waals surface area contributed by atoms with Crippen LogP contribution in [0, 0.1) is 0 Å². The fourth-order valence-electron chi connectivity index (χ4n) is 2.43. The van der Waals surface area contributed by atoms with Crippen LogP contribution in [-0.4, -0.2) is 51.1 Å². The average molecular weight is 307 g/mol. The fraction of sp³-hybridized carbons (Fsp3) is 0.429. The van der Waals surface area contributed by atoms with Gasteiger partial charge in [0.15, 0.2) is 0 Å². The number of ether oxygens (including phenoxy) is 1. The van der Waals surface area contributed by atoms with Crippen molar-refractivity contribution in [3.63, 3.8) is 0 Å². The van der Waals surface area contributed by atoms with E-state index < -0.39 is 0 Å². The van der Waals surface area contributed by atoms with Gasteiger partial charge < -0.3 is 14.5 Å². The van der Waals surface area contributed by atoms with Gasteiger partial charge in [-0.2, -0.15) is 0 Å². The third kappa shape index (κ3) is 3.10. The van der Waals surface area contributed by atoms with Crippen LogP contribution in [0.2, 0.25) is 0 Å². The minimum atomic E-state index is -0.251. The molecular formula is C14H18N3O3P. The third-order valence-corrected chi connectivity index (χ3v) is 4.35. The van der Waals surface area contributed by atoms with Gasteiger partial charge in [-0.25, -0.2) is 4.79 Å². The number of cyclic esters (lactones) is 1. The van der Waals surface area contributed by atoms with Gasteiger partial charge in [0.2, 0.25) is 0 Å². The monoisotopic (exact) mass is 307 g/mol. The first-order valence-electron chi connectivity index (χ1n) is 6.93. The van der Waals surface area contributed by atoms with Gasteiger partial charge in [-0.3, -0.25) is 4.90 Å². The highest BCUT2D eigenvalue weighted by molar-refractivity contribution is 7.37. The van der Waals surface area contributed by atoms with Crippen molar-refractivity contribution in [2.45, 2.75) is 6.10 Å². The number of carbonyl (C=O) groups excluding carboxylic acids is 1. The summed E-state index contributed by atoms with van der Waals surface area (Å²) in [6.45, 7) is 4.11. The van der Waals surface area contributed by atoms with Crippen LogP contribution in [-0.2, 0) is 9.57 Å². The molecule has 2 heterocycles. The van der Waals surface area contributed by atoms with E-state index in [2.05, 4.69) is 11.8 Å². The van der Waals surface area contributed by atoms with Crippen molar-refractivity contribution >= 4 is 32.4 Å². The predicted molar refractivity (Wildman–Crippen MR) is 85.0 cm³/mol. The Balaban J connectivity index is 1.70. The fourth-order valence-corrected chi connectivity index (χ4v) is 3.09. The molecule has 1 aromatic rings. The minimum absolute atomic E-state index is 0.0203. The SMILES string of the molecule is CPC[C@H]1CN(c2ccc(N3C=NOCC3)cc2)C(=O)O1. The number of rotatable bonds is 4. The molecule has 1 unspecified atom stereocenters. The summed E-state index contributed by atoms with van der Waals surface area (Å²) in [5.41, 5.74) is 1.90. The van der Waals surface area contributed by atoms with Crippen LogP contribution in [0.25, 0.3) is 0 Å². The summed E-state index contributed by atoms with van der Waals surface area (Å²) >= 11 is 0. The summed E-state index contributed by atoms with van der Waals surface area (Å²) in [4.78, 5) is 20.5. The number of hydrogen-bond acceptors (Lipinski definition) is 5. The molecule has 2 aliphatic rings. The number of amides is 1. The van der Waals surface area contributed by atoms with Crippen LogP contribution in [0.4, 0.5) is 16.2 Å². The highest BCUT2D eigenvalue weighted by Crippen LogP contribution is 2.26. The Bertz CT molecular complexity index is 535. The molecule has 1 aromatic carbocycles. The Hall–Kier alpha value is -1.81. The van der Waals surface area contributed by atoms with Gasteiger partial charge in [0.05, 0.1) is 13.1 Å². The predicted octanol–water partition coefficient (Wildman–Crippen LogP) is 2.10. The van der Waals surface area contributed by atoms with Gasteiger partial charge >= 0.3 is 6.09 Å². The molecule has 0 bridgehead atoms. The molecular weight excluding hydrogens is 289 g/mol. The first kappa shape index (κ1) is 14.1. The molecule has 0 aliphatic carbocycles. The molecule has 0 radical (unpaired) electrons. The van der Waals surface area contributed by atoms with Gasteiger partial charge in [0, 0.05) is 17.5 Å². The Morgan fingerprint density at radius 1 is 1.33 bits per heavy atom. The molecule has 2 atom stereocenters. The second-order valence-corrected chi connectivity index (χ2v) is 6.05. The standard InChI is InChI=1S/C14H18N3O3P/c1-21-9-13-8-17(14(18)20-13)12-4-2-11(3-5-12)16-6-7-19-15-10-16/h2-5,10,13,21H,6-9H2,1H3/t13-/m1/s1. The second-order valence-electron chi connectivity index (χ2n) is 4.94. The third-order valence-electron chi connectivity index (χ3n) is 3.48. The maximum atomic E-state index is 11.9. The van der Waals surface area contributed by atoms with Crippen molar-refractivity contribution < 1.29 is 14.4 Å². The van der Waals surface area contributed by atoms with Crippen LogP contribution in [0.3, 0.4) is 0 Å². The van der Waals surface area contributed by atoms with Crippen molar-refractivity contribution in [2.24, 2.45) is 5.16 Å². The summed E-state index contributed by atoms with van der Waals surface area (Å²) in [6.07, 6.45) is 2.37. The first-order valence-corrected chi connectivity index (χ1v) is 8.63. The highest BCUT2D eigenvalue weighted by atomic mass is 31.1. The molecule has 1 amide bonds. The Morgan fingerprint density at radius 3 is 2.76 bits per heavy atom. The smallest absolute Gasteiger partial charge is 0.414 e. The van der Waals surface area contributed by atoms with E-state index in [-0.39, 0.29) is 12.2 Å². The molecule has 21 heavy (non-hydrogen) atoms. The summed E-state index contributed by atoms with van der Waals surface area (Å²) in [5.74, 6) is 0. The molecule has 1 fully saturated rings. The lowest BCUT2D eigenvalue weighted by Gasteiger charge is -2.22. The van der Waals surface area contributed by atoms with Crippen LogP contribution in [0.15, 0.2) is 29.4 Å². The molecule has 7 heteroatoms. The molecule has 6 nitrogen and oxygen atoms in total. The maximum Gasteiger partial charge on any atom is 0.414 e. The number of anilines is 2. The first-order chi connectivity index (χ1) is 10.3. The van der Waals surface area contributed by atoms with E-state index >= 15 is 0 Å². The van der Waals surface area contributed by atoms with Crippen molar-refractivity contribution in [1.82, 2.24) is 0 Å². The van der Waals surface area contributed by atoms with Gasteiger partial charge in [0.25, 0.3) is 0 Å². The topological polar surface area (TPSA) is 54.4 Å². The zero-order valence-electron chi connectivity index (χ0n) is 11.9. The Kier molecular flexibility index (Phi) is 4.25. The minimum Gasteiger partial charge on any atom is -0.444 e. The van der Waals surface area contributed by atoms with E-state index in [0.717, 1.165) is 32.7 Å². The normalized spacial score (nSPS) is 22.0. The zero-order valence-corrected chi connectivity index (χ0v) is 12.9. The second kappa shape index (κ2) is 6.31. The van der Waals surface area contributed by atoms with Crippen molar-refractivity contribution in [3.8, 4) is 0 Å². The number of hydrogen-bond donors (Lipinski definition) is 0. The van der Waals surface area contributed by atoms with E-state index in [1.165, 1.54) is 0 Å². The van der Waals surface area contributed by atoms with Crippen molar-refractivity contribution in [3.05, 3.63) is 24.3 Å². The number of carbonyl (C=O) groups is 1. The maximum absolute atomic E-state index is 11.9. The molecule has 3 rings (SSSR count). The molecule has 112 valence electrons.